The Morgan fingerprint density at radius 1 is 1.22 bits per heavy atom. The lowest BCUT2D eigenvalue weighted by atomic mass is 9.92. The molecule has 0 saturated carbocycles. The summed E-state index contributed by atoms with van der Waals surface area (Å²) >= 11 is 0. The van der Waals surface area contributed by atoms with Gasteiger partial charge in [0.05, 0.1) is 5.69 Å². The molecule has 0 radical (unpaired) electrons. The van der Waals surface area contributed by atoms with Crippen LogP contribution in [0.15, 0.2) is 29.4 Å². The molecular formula is C20H31IN6. The van der Waals surface area contributed by atoms with Gasteiger partial charge in [0.2, 0.25) is 0 Å². The number of aromatic nitrogens is 3. The fourth-order valence-electron chi connectivity index (χ4n) is 3.86. The molecule has 2 aromatic rings. The van der Waals surface area contributed by atoms with Crippen molar-refractivity contribution in [1.29, 1.82) is 0 Å². The van der Waals surface area contributed by atoms with Gasteiger partial charge in [0.15, 0.2) is 11.8 Å². The van der Waals surface area contributed by atoms with E-state index >= 15 is 0 Å². The number of halogens is 1. The number of nitrogens with one attached hydrogen (secondary N) is 1. The third-order valence-corrected chi connectivity index (χ3v) is 4.87. The minimum Gasteiger partial charge on any atom is -0.352 e. The van der Waals surface area contributed by atoms with Gasteiger partial charge in [-0.15, -0.1) is 24.0 Å². The summed E-state index contributed by atoms with van der Waals surface area (Å²) in [6, 6.07) is 6.17. The molecule has 1 N–H and O–H groups in total. The summed E-state index contributed by atoms with van der Waals surface area (Å²) in [6.07, 6.45) is 3.21. The Balaban J connectivity index is 0.00000261. The second-order valence-corrected chi connectivity index (χ2v) is 7.62. The molecule has 2 atom stereocenters. The zero-order chi connectivity index (χ0) is 18.7. The third kappa shape index (κ3) is 5.43. The molecule has 0 amide bonds. The number of aliphatic imine (C=N–C) groups is 1. The molecule has 0 aliphatic carbocycles. The third-order valence-electron chi connectivity index (χ3n) is 4.87. The maximum atomic E-state index is 4.57. The first-order valence-corrected chi connectivity index (χ1v) is 9.40. The molecule has 3 heterocycles. The Morgan fingerprint density at radius 3 is 2.44 bits per heavy atom. The largest absolute Gasteiger partial charge is 0.352 e. The molecule has 148 valence electrons. The fraction of sp³-hybridized carbons (Fsp3) is 0.550. The molecule has 6 nitrogen and oxygen atoms in total. The summed E-state index contributed by atoms with van der Waals surface area (Å²) in [7, 11) is 1.86. The molecule has 0 spiro atoms. The topological polar surface area (TPSA) is 58.3 Å². The molecule has 1 fully saturated rings. The molecule has 27 heavy (non-hydrogen) atoms. The number of nitrogens with zero attached hydrogens (tertiary/aromatic N) is 5. The van der Waals surface area contributed by atoms with Crippen molar-refractivity contribution >= 4 is 29.9 Å². The predicted octanol–water partition coefficient (Wildman–Crippen LogP) is 3.56. The minimum atomic E-state index is 0. The van der Waals surface area contributed by atoms with Crippen molar-refractivity contribution in [3.8, 4) is 5.82 Å². The van der Waals surface area contributed by atoms with Crippen LogP contribution in [0.3, 0.4) is 0 Å². The number of hydrogen-bond donors (Lipinski definition) is 1. The molecular weight excluding hydrogens is 451 g/mol. The lowest BCUT2D eigenvalue weighted by Crippen LogP contribution is -2.48. The first-order valence-electron chi connectivity index (χ1n) is 9.40. The van der Waals surface area contributed by atoms with Gasteiger partial charge in [0, 0.05) is 38.6 Å². The molecule has 1 saturated heterocycles. The fourth-order valence-corrected chi connectivity index (χ4v) is 3.86. The molecule has 1 aliphatic heterocycles. The van der Waals surface area contributed by atoms with Crippen molar-refractivity contribution in [3.05, 3.63) is 41.3 Å². The summed E-state index contributed by atoms with van der Waals surface area (Å²) in [6.45, 7) is 11.5. The van der Waals surface area contributed by atoms with E-state index in [1.807, 2.05) is 37.8 Å². The van der Waals surface area contributed by atoms with E-state index in [0.29, 0.717) is 11.8 Å². The average Bonchev–Trinajstić information content (AvgIpc) is 2.93. The Labute approximate surface area is 179 Å². The molecule has 2 aromatic heterocycles. The van der Waals surface area contributed by atoms with Crippen LogP contribution in [-0.2, 0) is 6.54 Å². The van der Waals surface area contributed by atoms with E-state index in [4.69, 9.17) is 0 Å². The number of rotatable bonds is 3. The average molecular weight is 482 g/mol. The summed E-state index contributed by atoms with van der Waals surface area (Å²) < 4.78 is 1.88. The summed E-state index contributed by atoms with van der Waals surface area (Å²) in [5, 5.41) is 7.97. The maximum Gasteiger partial charge on any atom is 0.193 e. The molecule has 2 unspecified atom stereocenters. The van der Waals surface area contributed by atoms with Gasteiger partial charge in [-0.25, -0.2) is 9.67 Å². The summed E-state index contributed by atoms with van der Waals surface area (Å²) in [5.74, 6) is 3.24. The van der Waals surface area contributed by atoms with Crippen LogP contribution in [0.5, 0.6) is 0 Å². The molecule has 1 aliphatic rings. The number of pyridine rings is 1. The number of likely N-dealkylation sites (tertiary alicyclic amines) is 1. The monoisotopic (exact) mass is 482 g/mol. The molecule has 3 rings (SSSR count). The minimum absolute atomic E-state index is 0. The van der Waals surface area contributed by atoms with E-state index < -0.39 is 0 Å². The van der Waals surface area contributed by atoms with E-state index in [1.165, 1.54) is 6.42 Å². The zero-order valence-electron chi connectivity index (χ0n) is 16.9. The van der Waals surface area contributed by atoms with E-state index in [2.05, 4.69) is 51.3 Å². The lowest BCUT2D eigenvalue weighted by Gasteiger charge is -2.37. The van der Waals surface area contributed by atoms with Crippen LogP contribution >= 0.6 is 24.0 Å². The first kappa shape index (κ1) is 21.7. The zero-order valence-corrected chi connectivity index (χ0v) is 19.3. The van der Waals surface area contributed by atoms with Crippen molar-refractivity contribution in [3.63, 3.8) is 0 Å². The van der Waals surface area contributed by atoms with E-state index in [-0.39, 0.29) is 24.0 Å². The highest BCUT2D eigenvalue weighted by Crippen LogP contribution is 2.21. The van der Waals surface area contributed by atoms with Gasteiger partial charge in [-0.3, -0.25) is 4.99 Å². The highest BCUT2D eigenvalue weighted by Gasteiger charge is 2.23. The highest BCUT2D eigenvalue weighted by atomic mass is 127. The van der Waals surface area contributed by atoms with E-state index in [9.17, 15) is 0 Å². The van der Waals surface area contributed by atoms with Crippen LogP contribution in [0.2, 0.25) is 0 Å². The predicted molar refractivity (Wildman–Crippen MR) is 121 cm³/mol. The number of aryl methyl sites for hydroxylation is 2. The highest BCUT2D eigenvalue weighted by molar-refractivity contribution is 14.0. The van der Waals surface area contributed by atoms with Crippen LogP contribution in [0.4, 0.5) is 0 Å². The SMILES string of the molecule is CN=C(NCc1ccc(-n2nc(C)cc2C)nc1)N1CC(C)CC(C)C1.I. The molecule has 7 heteroatoms. The maximum absolute atomic E-state index is 4.57. The van der Waals surface area contributed by atoms with Gasteiger partial charge in [-0.1, -0.05) is 19.9 Å². The van der Waals surface area contributed by atoms with Crippen LogP contribution in [0, 0.1) is 25.7 Å². The van der Waals surface area contributed by atoms with Crippen molar-refractivity contribution in [2.75, 3.05) is 20.1 Å². The Bertz CT molecular complexity index is 757. The quantitative estimate of drug-likeness (QED) is 0.413. The Morgan fingerprint density at radius 2 is 1.93 bits per heavy atom. The van der Waals surface area contributed by atoms with Gasteiger partial charge in [-0.2, -0.15) is 5.10 Å². The normalized spacial score (nSPS) is 20.3. The van der Waals surface area contributed by atoms with Gasteiger partial charge in [-0.05, 0) is 49.8 Å². The van der Waals surface area contributed by atoms with Gasteiger partial charge in [0.25, 0.3) is 0 Å². The Hall–Kier alpha value is -1.64. The second-order valence-electron chi connectivity index (χ2n) is 7.62. The molecule has 0 bridgehead atoms. The smallest absolute Gasteiger partial charge is 0.193 e. The standard InChI is InChI=1S/C20H30N6.HI/c1-14-8-15(2)13-25(12-14)20(21-5)23-11-18-6-7-19(22-10-18)26-17(4)9-16(3)24-26;/h6-7,9-10,14-15H,8,11-13H2,1-5H3,(H,21,23);1H. The number of piperidine rings is 1. The Kier molecular flexibility index (Phi) is 7.64. The van der Waals surface area contributed by atoms with Crippen molar-refractivity contribution in [1.82, 2.24) is 25.0 Å². The van der Waals surface area contributed by atoms with Gasteiger partial charge in [0.1, 0.15) is 0 Å². The van der Waals surface area contributed by atoms with Crippen LogP contribution < -0.4 is 5.32 Å². The van der Waals surface area contributed by atoms with E-state index in [1.54, 1.807) is 0 Å². The van der Waals surface area contributed by atoms with Crippen LogP contribution in [-0.4, -0.2) is 45.8 Å². The molecule has 0 aromatic carbocycles. The van der Waals surface area contributed by atoms with Crippen LogP contribution in [0.1, 0.15) is 37.2 Å². The van der Waals surface area contributed by atoms with Gasteiger partial charge >= 0.3 is 0 Å². The van der Waals surface area contributed by atoms with Gasteiger partial charge < -0.3 is 10.2 Å². The first-order chi connectivity index (χ1) is 12.5. The number of guanidine groups is 1. The number of hydrogen-bond acceptors (Lipinski definition) is 3. The summed E-state index contributed by atoms with van der Waals surface area (Å²) in [5.41, 5.74) is 3.23. The summed E-state index contributed by atoms with van der Waals surface area (Å²) in [4.78, 5) is 11.4. The van der Waals surface area contributed by atoms with Crippen molar-refractivity contribution in [2.24, 2.45) is 16.8 Å². The van der Waals surface area contributed by atoms with Crippen LogP contribution in [0.25, 0.3) is 5.82 Å². The van der Waals surface area contributed by atoms with Crippen molar-refractivity contribution < 1.29 is 0 Å². The second kappa shape index (κ2) is 9.52. The van der Waals surface area contributed by atoms with E-state index in [0.717, 1.165) is 48.4 Å². The lowest BCUT2D eigenvalue weighted by molar-refractivity contribution is 0.208. The van der Waals surface area contributed by atoms with Crippen molar-refractivity contribution in [2.45, 2.75) is 40.7 Å².